The van der Waals surface area contributed by atoms with Gasteiger partial charge in [-0.15, -0.1) is 5.10 Å². The smallest absolute Gasteiger partial charge is 0.276 e. The van der Waals surface area contributed by atoms with E-state index in [0.717, 1.165) is 31.9 Å². The van der Waals surface area contributed by atoms with Crippen LogP contribution in [0.2, 0.25) is 0 Å². The average molecular weight is 487 g/mol. The molecule has 0 radical (unpaired) electrons. The highest BCUT2D eigenvalue weighted by Gasteiger charge is 2.22. The molecular formula is C24H23FN10O. The van der Waals surface area contributed by atoms with E-state index in [4.69, 9.17) is 11.0 Å². The van der Waals surface area contributed by atoms with Crippen LogP contribution in [0.3, 0.4) is 0 Å². The van der Waals surface area contributed by atoms with Crippen LogP contribution in [0.5, 0.6) is 0 Å². The maximum atomic E-state index is 14.0. The maximum Gasteiger partial charge on any atom is 0.276 e. The summed E-state index contributed by atoms with van der Waals surface area (Å²) in [5.74, 6) is -0.214. The van der Waals surface area contributed by atoms with Crippen molar-refractivity contribution in [2.24, 2.45) is 5.73 Å². The standard InChI is InChI=1S/C24H23FN10O/c25-17-12-28-8-7-18(17)33-24(36)20-13-30-23-19(32-21-6-1-14(10-26)11-29-21)9-22(34-35(20)23)31-16-4-2-15(27)3-5-16/h1,6-9,11-13,15-16H,2-5,27H2,(H,29,32)(H,31,34)(H,28,33,36). The maximum absolute atomic E-state index is 14.0. The molecule has 0 unspecified atom stereocenters. The second kappa shape index (κ2) is 9.93. The number of carbonyl (C=O) groups excluding carboxylic acids is 1. The van der Waals surface area contributed by atoms with E-state index in [9.17, 15) is 9.18 Å². The summed E-state index contributed by atoms with van der Waals surface area (Å²) in [7, 11) is 0. The summed E-state index contributed by atoms with van der Waals surface area (Å²) in [6, 6.07) is 8.90. The minimum atomic E-state index is -0.653. The van der Waals surface area contributed by atoms with E-state index in [2.05, 4.69) is 36.0 Å². The number of fused-ring (bicyclic) bond motifs is 1. The molecule has 1 saturated carbocycles. The Morgan fingerprint density at radius 3 is 2.64 bits per heavy atom. The number of anilines is 4. The second-order valence-electron chi connectivity index (χ2n) is 8.56. The molecule has 0 aromatic carbocycles. The number of carbonyl (C=O) groups is 1. The highest BCUT2D eigenvalue weighted by Crippen LogP contribution is 2.27. The molecule has 1 fully saturated rings. The van der Waals surface area contributed by atoms with Gasteiger partial charge in [-0.3, -0.25) is 9.78 Å². The number of pyridine rings is 2. The highest BCUT2D eigenvalue weighted by molar-refractivity contribution is 6.03. The Hall–Kier alpha value is -4.63. The largest absolute Gasteiger partial charge is 0.366 e. The Balaban J connectivity index is 1.50. The highest BCUT2D eigenvalue weighted by atomic mass is 19.1. The van der Waals surface area contributed by atoms with E-state index in [0.29, 0.717) is 28.5 Å². The van der Waals surface area contributed by atoms with Gasteiger partial charge in [-0.1, -0.05) is 0 Å². The van der Waals surface area contributed by atoms with Crippen molar-refractivity contribution in [3.63, 3.8) is 0 Å². The van der Waals surface area contributed by atoms with Gasteiger partial charge in [-0.05, 0) is 43.9 Å². The third-order valence-electron chi connectivity index (χ3n) is 6.00. The van der Waals surface area contributed by atoms with Crippen molar-refractivity contribution in [3.8, 4) is 6.07 Å². The van der Waals surface area contributed by atoms with Gasteiger partial charge < -0.3 is 21.7 Å². The van der Waals surface area contributed by atoms with Gasteiger partial charge >= 0.3 is 0 Å². The topological polar surface area (TPSA) is 159 Å². The number of halogens is 1. The number of aromatic nitrogens is 5. The molecule has 1 aliphatic carbocycles. The Kier molecular flexibility index (Phi) is 6.38. The number of nitriles is 1. The molecular weight excluding hydrogens is 463 g/mol. The number of nitrogens with two attached hydrogens (primary N) is 1. The average Bonchev–Trinajstić information content (AvgIpc) is 3.32. The first-order chi connectivity index (χ1) is 17.5. The van der Waals surface area contributed by atoms with E-state index in [1.165, 1.54) is 29.2 Å². The van der Waals surface area contributed by atoms with Crippen LogP contribution in [0.4, 0.5) is 27.4 Å². The van der Waals surface area contributed by atoms with E-state index in [1.807, 2.05) is 6.07 Å². The summed E-state index contributed by atoms with van der Waals surface area (Å²) >= 11 is 0. The molecule has 1 amide bonds. The molecule has 0 aliphatic heterocycles. The Labute approximate surface area is 205 Å². The van der Waals surface area contributed by atoms with Crippen LogP contribution >= 0.6 is 0 Å². The van der Waals surface area contributed by atoms with Gasteiger partial charge in [-0.2, -0.15) is 5.26 Å². The lowest BCUT2D eigenvalue weighted by Gasteiger charge is -2.27. The monoisotopic (exact) mass is 486 g/mol. The minimum Gasteiger partial charge on any atom is -0.366 e. The molecule has 5 rings (SSSR count). The van der Waals surface area contributed by atoms with E-state index >= 15 is 0 Å². The fourth-order valence-electron chi connectivity index (χ4n) is 4.09. The van der Waals surface area contributed by atoms with Crippen LogP contribution in [0.1, 0.15) is 41.7 Å². The number of hydrogen-bond donors (Lipinski definition) is 4. The van der Waals surface area contributed by atoms with Crippen LogP contribution in [0.15, 0.2) is 49.1 Å². The molecule has 5 N–H and O–H groups in total. The van der Waals surface area contributed by atoms with Crippen molar-refractivity contribution in [2.45, 2.75) is 37.8 Å². The number of hydrogen-bond acceptors (Lipinski definition) is 9. The van der Waals surface area contributed by atoms with Crippen molar-refractivity contribution in [2.75, 3.05) is 16.0 Å². The predicted molar refractivity (Wildman–Crippen MR) is 131 cm³/mol. The fourth-order valence-corrected chi connectivity index (χ4v) is 4.09. The van der Waals surface area contributed by atoms with Crippen LogP contribution in [0, 0.1) is 17.1 Å². The molecule has 182 valence electrons. The molecule has 0 atom stereocenters. The quantitative estimate of drug-likeness (QED) is 0.321. The van der Waals surface area contributed by atoms with Gasteiger partial charge in [-0.25, -0.2) is 18.9 Å². The van der Waals surface area contributed by atoms with Crippen molar-refractivity contribution >= 4 is 34.6 Å². The van der Waals surface area contributed by atoms with Crippen LogP contribution < -0.4 is 21.7 Å². The Morgan fingerprint density at radius 2 is 1.92 bits per heavy atom. The SMILES string of the molecule is N#Cc1ccc(Nc2cc(NC3CCC(N)CC3)nn3c(C(=O)Nc4ccncc4F)cnc23)nc1. The first kappa shape index (κ1) is 23.1. The van der Waals surface area contributed by atoms with Crippen LogP contribution in [-0.2, 0) is 0 Å². The van der Waals surface area contributed by atoms with Crippen molar-refractivity contribution in [1.82, 2.24) is 24.6 Å². The normalized spacial score (nSPS) is 17.4. The first-order valence-corrected chi connectivity index (χ1v) is 11.4. The van der Waals surface area contributed by atoms with Gasteiger partial charge in [0.2, 0.25) is 0 Å². The van der Waals surface area contributed by atoms with Gasteiger partial charge in [0.15, 0.2) is 17.2 Å². The molecule has 4 aromatic heterocycles. The molecule has 4 heterocycles. The van der Waals surface area contributed by atoms with Crippen molar-refractivity contribution in [3.05, 3.63) is 66.1 Å². The fraction of sp³-hybridized carbons (Fsp3) is 0.250. The van der Waals surface area contributed by atoms with Crippen molar-refractivity contribution in [1.29, 1.82) is 5.26 Å². The zero-order chi connectivity index (χ0) is 25.1. The third-order valence-corrected chi connectivity index (χ3v) is 6.00. The third kappa shape index (κ3) is 4.91. The summed E-state index contributed by atoms with van der Waals surface area (Å²) in [6.07, 6.45) is 8.87. The van der Waals surface area contributed by atoms with Crippen molar-refractivity contribution < 1.29 is 9.18 Å². The molecule has 11 nitrogen and oxygen atoms in total. The minimum absolute atomic E-state index is 0.00194. The molecule has 0 saturated heterocycles. The van der Waals surface area contributed by atoms with Gasteiger partial charge in [0.25, 0.3) is 5.91 Å². The second-order valence-corrected chi connectivity index (χ2v) is 8.56. The number of imidazole rings is 1. The molecule has 1 aliphatic rings. The van der Waals surface area contributed by atoms with Gasteiger partial charge in [0, 0.05) is 30.5 Å². The molecule has 4 aromatic rings. The van der Waals surface area contributed by atoms with E-state index < -0.39 is 11.7 Å². The summed E-state index contributed by atoms with van der Waals surface area (Å²) in [5.41, 5.74) is 7.51. The molecule has 0 spiro atoms. The Morgan fingerprint density at radius 1 is 1.08 bits per heavy atom. The number of rotatable bonds is 6. The molecule has 36 heavy (non-hydrogen) atoms. The lowest BCUT2D eigenvalue weighted by Crippen LogP contribution is -2.33. The van der Waals surface area contributed by atoms with Crippen LogP contribution in [-0.4, -0.2) is 42.6 Å². The summed E-state index contributed by atoms with van der Waals surface area (Å²) < 4.78 is 15.4. The number of nitrogens with zero attached hydrogens (tertiary/aromatic N) is 6. The lowest BCUT2D eigenvalue weighted by atomic mass is 9.92. The molecule has 0 bridgehead atoms. The van der Waals surface area contributed by atoms with Crippen LogP contribution in [0.25, 0.3) is 5.65 Å². The van der Waals surface area contributed by atoms with Gasteiger partial charge in [0.05, 0.1) is 29.3 Å². The summed E-state index contributed by atoms with van der Waals surface area (Å²) in [5, 5.41) is 22.8. The lowest BCUT2D eigenvalue weighted by molar-refractivity contribution is 0.102. The van der Waals surface area contributed by atoms with E-state index in [-0.39, 0.29) is 23.5 Å². The molecule has 12 heteroatoms. The predicted octanol–water partition coefficient (Wildman–Crippen LogP) is 3.21. The van der Waals surface area contributed by atoms with Gasteiger partial charge in [0.1, 0.15) is 17.7 Å². The van der Waals surface area contributed by atoms with E-state index in [1.54, 1.807) is 18.2 Å². The first-order valence-electron chi connectivity index (χ1n) is 11.4. The number of amides is 1. The zero-order valence-electron chi connectivity index (χ0n) is 19.1. The zero-order valence-corrected chi connectivity index (χ0v) is 19.1. The number of nitrogens with one attached hydrogen (secondary N) is 3. The summed E-state index contributed by atoms with van der Waals surface area (Å²) in [4.78, 5) is 25.4. The summed E-state index contributed by atoms with van der Waals surface area (Å²) in [6.45, 7) is 0. The Bertz CT molecular complexity index is 1440.